The molecule has 24 heavy (non-hydrogen) atoms. The van der Waals surface area contributed by atoms with Gasteiger partial charge in [-0.25, -0.2) is 9.67 Å². The van der Waals surface area contributed by atoms with Crippen molar-refractivity contribution in [3.8, 4) is 11.5 Å². The number of hydrogen-bond donors (Lipinski definition) is 0. The van der Waals surface area contributed by atoms with E-state index < -0.39 is 0 Å². The molecule has 0 radical (unpaired) electrons. The molecular formula is C19H19N3O2. The van der Waals surface area contributed by atoms with Crippen molar-refractivity contribution in [1.82, 2.24) is 14.8 Å². The first-order chi connectivity index (χ1) is 11.8. The summed E-state index contributed by atoms with van der Waals surface area (Å²) in [6.07, 6.45) is 2.50. The van der Waals surface area contributed by atoms with Crippen LogP contribution < -0.4 is 9.47 Å². The fourth-order valence-electron chi connectivity index (χ4n) is 3.19. The van der Waals surface area contributed by atoms with Crippen molar-refractivity contribution in [3.05, 3.63) is 71.8 Å². The third-order valence-corrected chi connectivity index (χ3v) is 4.36. The van der Waals surface area contributed by atoms with E-state index in [1.54, 1.807) is 13.4 Å². The van der Waals surface area contributed by atoms with E-state index >= 15 is 0 Å². The highest BCUT2D eigenvalue weighted by Crippen LogP contribution is 2.38. The Balaban J connectivity index is 1.59. The van der Waals surface area contributed by atoms with E-state index in [-0.39, 0.29) is 5.92 Å². The Bertz CT molecular complexity index is 830. The molecule has 0 fully saturated rings. The molecular weight excluding hydrogens is 302 g/mol. The zero-order chi connectivity index (χ0) is 16.4. The van der Waals surface area contributed by atoms with Crippen LogP contribution in [0.1, 0.15) is 22.9 Å². The van der Waals surface area contributed by atoms with Gasteiger partial charge in [-0.2, -0.15) is 5.10 Å². The summed E-state index contributed by atoms with van der Waals surface area (Å²) >= 11 is 0. The molecule has 1 atom stereocenters. The van der Waals surface area contributed by atoms with Gasteiger partial charge in [-0.3, -0.25) is 0 Å². The number of ether oxygens (including phenoxy) is 2. The molecule has 4 rings (SSSR count). The second-order valence-corrected chi connectivity index (χ2v) is 5.92. The summed E-state index contributed by atoms with van der Waals surface area (Å²) in [5.41, 5.74) is 2.36. The summed E-state index contributed by atoms with van der Waals surface area (Å²) < 4.78 is 13.3. The molecule has 122 valence electrons. The summed E-state index contributed by atoms with van der Waals surface area (Å²) in [5, 5.41) is 4.40. The van der Waals surface area contributed by atoms with Crippen LogP contribution in [0.15, 0.2) is 54.9 Å². The molecule has 0 bridgehead atoms. The Kier molecular flexibility index (Phi) is 3.91. The molecule has 2 heterocycles. The Morgan fingerprint density at radius 3 is 2.88 bits per heavy atom. The number of rotatable bonds is 4. The monoisotopic (exact) mass is 321 g/mol. The number of para-hydroxylation sites is 1. The summed E-state index contributed by atoms with van der Waals surface area (Å²) in [5.74, 6) is 2.80. The summed E-state index contributed by atoms with van der Waals surface area (Å²) in [6.45, 7) is 1.30. The molecule has 0 saturated carbocycles. The maximum atomic E-state index is 5.98. The largest absolute Gasteiger partial charge is 0.493 e. The molecule has 0 amide bonds. The zero-order valence-corrected chi connectivity index (χ0v) is 13.6. The predicted molar refractivity (Wildman–Crippen MR) is 90.5 cm³/mol. The average molecular weight is 321 g/mol. The van der Waals surface area contributed by atoms with Crippen molar-refractivity contribution in [2.45, 2.75) is 18.9 Å². The standard InChI is InChI=1S/C19H19N3O2/c1-23-17-9-5-8-15-10-16(12-24-18(15)17)19-20-13-21-22(19)11-14-6-3-2-4-7-14/h2-9,13,16H,10-12H2,1H3/t16-/m1/s1. The van der Waals surface area contributed by atoms with E-state index in [1.165, 1.54) is 5.56 Å². The van der Waals surface area contributed by atoms with Crippen LogP contribution in [-0.4, -0.2) is 28.5 Å². The SMILES string of the molecule is COc1cccc2c1OC[C@H](c1ncnn1Cc1ccccc1)C2. The molecule has 1 aromatic heterocycles. The molecule has 0 unspecified atom stereocenters. The number of aromatic nitrogens is 3. The second-order valence-electron chi connectivity index (χ2n) is 5.92. The minimum Gasteiger partial charge on any atom is -0.493 e. The van der Waals surface area contributed by atoms with Gasteiger partial charge in [-0.15, -0.1) is 0 Å². The van der Waals surface area contributed by atoms with Crippen LogP contribution in [0.2, 0.25) is 0 Å². The number of benzene rings is 2. The van der Waals surface area contributed by atoms with E-state index in [0.29, 0.717) is 6.61 Å². The molecule has 3 aromatic rings. The molecule has 5 nitrogen and oxygen atoms in total. The summed E-state index contributed by atoms with van der Waals surface area (Å²) in [6, 6.07) is 16.3. The number of nitrogens with zero attached hydrogens (tertiary/aromatic N) is 3. The van der Waals surface area contributed by atoms with Crippen LogP contribution >= 0.6 is 0 Å². The molecule has 1 aliphatic rings. The Labute approximate surface area is 140 Å². The molecule has 1 aliphatic heterocycles. The first-order valence-corrected chi connectivity index (χ1v) is 8.05. The van der Waals surface area contributed by atoms with E-state index in [0.717, 1.165) is 35.9 Å². The normalized spacial score (nSPS) is 16.3. The van der Waals surface area contributed by atoms with Gasteiger partial charge in [0.05, 0.1) is 26.2 Å². The van der Waals surface area contributed by atoms with Gasteiger partial charge >= 0.3 is 0 Å². The van der Waals surface area contributed by atoms with Gasteiger partial charge in [0.1, 0.15) is 12.2 Å². The van der Waals surface area contributed by atoms with Gasteiger partial charge < -0.3 is 9.47 Å². The maximum absolute atomic E-state index is 5.98. The third kappa shape index (κ3) is 2.73. The lowest BCUT2D eigenvalue weighted by Crippen LogP contribution is -2.23. The Hall–Kier alpha value is -2.82. The fraction of sp³-hybridized carbons (Fsp3) is 0.263. The van der Waals surface area contributed by atoms with E-state index in [1.807, 2.05) is 35.0 Å². The lowest BCUT2D eigenvalue weighted by molar-refractivity contribution is 0.240. The Morgan fingerprint density at radius 1 is 1.17 bits per heavy atom. The fourth-order valence-corrected chi connectivity index (χ4v) is 3.19. The molecule has 0 N–H and O–H groups in total. The van der Waals surface area contributed by atoms with Gasteiger partial charge in [-0.05, 0) is 23.6 Å². The topological polar surface area (TPSA) is 49.2 Å². The van der Waals surface area contributed by atoms with Crippen LogP contribution in [0.5, 0.6) is 11.5 Å². The van der Waals surface area contributed by atoms with Crippen LogP contribution in [-0.2, 0) is 13.0 Å². The van der Waals surface area contributed by atoms with Crippen molar-refractivity contribution >= 4 is 0 Å². The molecule has 5 heteroatoms. The van der Waals surface area contributed by atoms with Gasteiger partial charge in [-0.1, -0.05) is 42.5 Å². The van der Waals surface area contributed by atoms with E-state index in [4.69, 9.17) is 9.47 Å². The van der Waals surface area contributed by atoms with Crippen LogP contribution in [0, 0.1) is 0 Å². The minimum absolute atomic E-state index is 0.191. The Morgan fingerprint density at radius 2 is 2.04 bits per heavy atom. The highest BCUT2D eigenvalue weighted by molar-refractivity contribution is 5.48. The zero-order valence-electron chi connectivity index (χ0n) is 13.6. The van der Waals surface area contributed by atoms with Crippen LogP contribution in [0.4, 0.5) is 0 Å². The van der Waals surface area contributed by atoms with Gasteiger partial charge in [0, 0.05) is 0 Å². The first kappa shape index (κ1) is 14.8. The maximum Gasteiger partial charge on any atom is 0.164 e. The van der Waals surface area contributed by atoms with Crippen LogP contribution in [0.3, 0.4) is 0 Å². The molecule has 2 aromatic carbocycles. The average Bonchev–Trinajstić information content (AvgIpc) is 3.09. The number of methoxy groups -OCH3 is 1. The third-order valence-electron chi connectivity index (χ3n) is 4.36. The molecule has 0 spiro atoms. The van der Waals surface area contributed by atoms with E-state index in [2.05, 4.69) is 28.3 Å². The highest BCUT2D eigenvalue weighted by atomic mass is 16.5. The van der Waals surface area contributed by atoms with Crippen molar-refractivity contribution < 1.29 is 9.47 Å². The van der Waals surface area contributed by atoms with Crippen LogP contribution in [0.25, 0.3) is 0 Å². The van der Waals surface area contributed by atoms with Crippen molar-refractivity contribution in [2.24, 2.45) is 0 Å². The number of fused-ring (bicyclic) bond motifs is 1. The highest BCUT2D eigenvalue weighted by Gasteiger charge is 2.27. The lowest BCUT2D eigenvalue weighted by Gasteiger charge is -2.26. The molecule has 0 saturated heterocycles. The lowest BCUT2D eigenvalue weighted by atomic mass is 9.95. The smallest absolute Gasteiger partial charge is 0.164 e. The summed E-state index contributed by atoms with van der Waals surface area (Å²) in [4.78, 5) is 4.49. The minimum atomic E-state index is 0.191. The predicted octanol–water partition coefficient (Wildman–Crippen LogP) is 3.05. The van der Waals surface area contributed by atoms with Gasteiger partial charge in [0.15, 0.2) is 11.5 Å². The van der Waals surface area contributed by atoms with Crippen molar-refractivity contribution in [2.75, 3.05) is 13.7 Å². The van der Waals surface area contributed by atoms with Gasteiger partial charge in [0.2, 0.25) is 0 Å². The van der Waals surface area contributed by atoms with Crippen molar-refractivity contribution in [1.29, 1.82) is 0 Å². The first-order valence-electron chi connectivity index (χ1n) is 8.05. The quantitative estimate of drug-likeness (QED) is 0.741. The molecule has 0 aliphatic carbocycles. The van der Waals surface area contributed by atoms with Crippen molar-refractivity contribution in [3.63, 3.8) is 0 Å². The van der Waals surface area contributed by atoms with E-state index in [9.17, 15) is 0 Å². The van der Waals surface area contributed by atoms with Gasteiger partial charge in [0.25, 0.3) is 0 Å². The summed E-state index contributed by atoms with van der Waals surface area (Å²) in [7, 11) is 1.67. The second kappa shape index (κ2) is 6.35. The number of hydrogen-bond acceptors (Lipinski definition) is 4.